The molecule has 0 spiro atoms. The number of aromatic nitrogens is 4. The number of aromatic amines is 1. The topological polar surface area (TPSA) is 157 Å². The van der Waals surface area contributed by atoms with Crippen LogP contribution >= 0.6 is 0 Å². The summed E-state index contributed by atoms with van der Waals surface area (Å²) >= 11 is 0. The van der Waals surface area contributed by atoms with Crippen molar-refractivity contribution in [2.75, 3.05) is 16.6 Å². The molecule has 0 saturated heterocycles. The van der Waals surface area contributed by atoms with Gasteiger partial charge in [-0.05, 0) is 36.8 Å². The second-order valence-corrected chi connectivity index (χ2v) is 10.1. The van der Waals surface area contributed by atoms with E-state index in [2.05, 4.69) is 20.6 Å². The fraction of sp³-hybridized carbons (Fsp3) is 0.208. The number of anilines is 3. The van der Waals surface area contributed by atoms with Gasteiger partial charge in [-0.3, -0.25) is 19.3 Å². The van der Waals surface area contributed by atoms with Crippen LogP contribution in [0.4, 0.5) is 30.5 Å². The number of hydrogen-bond donors (Lipinski definition) is 4. The number of primary amides is 1. The summed E-state index contributed by atoms with van der Waals surface area (Å²) in [7, 11) is -3.28. The van der Waals surface area contributed by atoms with Crippen LogP contribution in [0.15, 0.2) is 48.7 Å². The quantitative estimate of drug-likeness (QED) is 0.217. The highest BCUT2D eigenvalue weighted by molar-refractivity contribution is 7.93. The molecule has 0 saturated carbocycles. The molecule has 2 aromatic heterocycles. The molecule has 39 heavy (non-hydrogen) atoms. The molecular weight excluding hydrogens is 539 g/mol. The summed E-state index contributed by atoms with van der Waals surface area (Å²) in [5, 5.41) is 14.1. The van der Waals surface area contributed by atoms with Gasteiger partial charge >= 0.3 is 5.76 Å². The number of aryl methyl sites for hydroxylation is 2. The first-order valence-electron chi connectivity index (χ1n) is 11.4. The number of nitrogens with one attached hydrogen (secondary N) is 3. The smallest absolute Gasteiger partial charge is 0.355 e. The SMILES string of the molecule is Cc1cn(C)nc1Nc1[nH]nc(-c2ccc(NS(=O)(=O)C(F)F)c(OCCc3ccc(F)cc3)c2)c1C(N)=O. The molecule has 0 aliphatic heterocycles. The Hall–Kier alpha value is -4.53. The van der Waals surface area contributed by atoms with E-state index < -0.39 is 27.5 Å². The van der Waals surface area contributed by atoms with Gasteiger partial charge in [0.15, 0.2) is 5.82 Å². The molecule has 0 atom stereocenters. The highest BCUT2D eigenvalue weighted by Gasteiger charge is 2.26. The van der Waals surface area contributed by atoms with E-state index in [1.165, 1.54) is 30.3 Å². The fourth-order valence-electron chi connectivity index (χ4n) is 3.73. The average molecular weight is 564 g/mol. The van der Waals surface area contributed by atoms with E-state index in [1.54, 1.807) is 30.1 Å². The second kappa shape index (κ2) is 11.1. The Morgan fingerprint density at radius 3 is 2.54 bits per heavy atom. The number of rotatable bonds is 11. The summed E-state index contributed by atoms with van der Waals surface area (Å²) < 4.78 is 72.0. The van der Waals surface area contributed by atoms with Crippen LogP contribution < -0.4 is 20.5 Å². The van der Waals surface area contributed by atoms with Crippen LogP contribution in [0.25, 0.3) is 11.3 Å². The predicted octanol–water partition coefficient (Wildman–Crippen LogP) is 3.69. The lowest BCUT2D eigenvalue weighted by Crippen LogP contribution is -2.21. The number of H-pyrrole nitrogens is 1. The molecule has 1 amide bonds. The lowest BCUT2D eigenvalue weighted by molar-refractivity contribution is 0.100. The van der Waals surface area contributed by atoms with Gasteiger partial charge in [-0.2, -0.15) is 19.0 Å². The Balaban J connectivity index is 1.68. The van der Waals surface area contributed by atoms with Crippen molar-refractivity contribution in [1.82, 2.24) is 20.0 Å². The molecule has 0 unspecified atom stereocenters. The maximum Gasteiger partial charge on any atom is 0.355 e. The zero-order valence-electron chi connectivity index (χ0n) is 20.7. The van der Waals surface area contributed by atoms with Gasteiger partial charge in [-0.15, -0.1) is 0 Å². The zero-order valence-corrected chi connectivity index (χ0v) is 21.5. The number of amides is 1. The minimum absolute atomic E-state index is 0.00646. The van der Waals surface area contributed by atoms with Crippen LogP contribution in [0.1, 0.15) is 21.5 Å². The number of nitrogens with zero attached hydrogens (tertiary/aromatic N) is 3. The van der Waals surface area contributed by atoms with Crippen LogP contribution in [0.5, 0.6) is 5.75 Å². The molecule has 2 aromatic carbocycles. The van der Waals surface area contributed by atoms with E-state index in [-0.39, 0.29) is 40.7 Å². The number of nitrogens with two attached hydrogens (primary N) is 1. The first-order chi connectivity index (χ1) is 18.4. The molecule has 0 aliphatic carbocycles. The van der Waals surface area contributed by atoms with Gasteiger partial charge in [0.05, 0.1) is 12.3 Å². The maximum absolute atomic E-state index is 13.2. The second-order valence-electron chi connectivity index (χ2n) is 8.49. The summed E-state index contributed by atoms with van der Waals surface area (Å²) in [6, 6.07) is 9.57. The number of alkyl halides is 2. The molecule has 2 heterocycles. The van der Waals surface area contributed by atoms with Crippen molar-refractivity contribution in [3.8, 4) is 17.0 Å². The van der Waals surface area contributed by atoms with Crippen molar-refractivity contribution in [3.05, 3.63) is 71.2 Å². The van der Waals surface area contributed by atoms with E-state index in [4.69, 9.17) is 10.5 Å². The van der Waals surface area contributed by atoms with Gasteiger partial charge in [-0.25, -0.2) is 12.8 Å². The third-order valence-electron chi connectivity index (χ3n) is 5.57. The predicted molar refractivity (Wildman–Crippen MR) is 138 cm³/mol. The number of carbonyl (C=O) groups excluding carboxylic acids is 1. The molecule has 0 fully saturated rings. The molecule has 15 heteroatoms. The maximum atomic E-state index is 13.2. The number of carbonyl (C=O) groups is 1. The summed E-state index contributed by atoms with van der Waals surface area (Å²) in [6.45, 7) is 1.80. The Morgan fingerprint density at radius 2 is 1.92 bits per heavy atom. The van der Waals surface area contributed by atoms with Gasteiger partial charge < -0.3 is 15.8 Å². The Labute approximate surface area is 221 Å². The van der Waals surface area contributed by atoms with Gasteiger partial charge in [0.2, 0.25) is 0 Å². The highest BCUT2D eigenvalue weighted by atomic mass is 32.2. The monoisotopic (exact) mass is 563 g/mol. The van der Waals surface area contributed by atoms with E-state index >= 15 is 0 Å². The van der Waals surface area contributed by atoms with E-state index in [0.717, 1.165) is 11.1 Å². The molecule has 5 N–H and O–H groups in total. The summed E-state index contributed by atoms with van der Waals surface area (Å²) in [5.41, 5.74) is 7.27. The first-order valence-corrected chi connectivity index (χ1v) is 13.0. The number of ether oxygens (including phenoxy) is 1. The summed E-state index contributed by atoms with van der Waals surface area (Å²) in [4.78, 5) is 12.4. The molecule has 0 bridgehead atoms. The Bertz CT molecular complexity index is 1600. The van der Waals surface area contributed by atoms with Crippen LogP contribution in [-0.2, 0) is 23.5 Å². The largest absolute Gasteiger partial charge is 0.491 e. The standard InChI is InChI=1S/C24H24F3N7O4S/c1-13-12-34(2)32-22(13)29-23-19(21(28)35)20(30-31-23)15-5-8-17(33-39(36,37)24(26)27)18(11-15)38-10-9-14-3-6-16(25)7-4-14/h3-8,11-12,24,33H,9-10H2,1-2H3,(H2,28,35)(H2,29,30,31,32). The Kier molecular flexibility index (Phi) is 7.80. The van der Waals surface area contributed by atoms with Crippen molar-refractivity contribution in [2.45, 2.75) is 19.1 Å². The van der Waals surface area contributed by atoms with Crippen LogP contribution in [0, 0.1) is 12.7 Å². The first kappa shape index (κ1) is 27.5. The molecular formula is C24H24F3N7O4S. The van der Waals surface area contributed by atoms with Gasteiger partial charge in [0, 0.05) is 30.8 Å². The molecule has 206 valence electrons. The summed E-state index contributed by atoms with van der Waals surface area (Å²) in [6.07, 6.45) is 2.07. The number of sulfonamides is 1. The third kappa shape index (κ3) is 6.31. The minimum atomic E-state index is -5.01. The van der Waals surface area contributed by atoms with Gasteiger partial charge in [0.1, 0.15) is 28.6 Å². The van der Waals surface area contributed by atoms with Crippen molar-refractivity contribution < 1.29 is 31.1 Å². The molecule has 0 radical (unpaired) electrons. The van der Waals surface area contributed by atoms with E-state index in [1.807, 2.05) is 11.6 Å². The molecule has 4 rings (SSSR count). The van der Waals surface area contributed by atoms with Crippen molar-refractivity contribution in [3.63, 3.8) is 0 Å². The van der Waals surface area contributed by atoms with E-state index in [9.17, 15) is 26.4 Å². The van der Waals surface area contributed by atoms with Gasteiger partial charge in [-0.1, -0.05) is 18.2 Å². The van der Waals surface area contributed by atoms with Crippen molar-refractivity contribution in [2.24, 2.45) is 12.8 Å². The lowest BCUT2D eigenvalue weighted by Gasteiger charge is -2.15. The lowest BCUT2D eigenvalue weighted by atomic mass is 10.1. The van der Waals surface area contributed by atoms with Crippen molar-refractivity contribution >= 4 is 33.3 Å². The van der Waals surface area contributed by atoms with Crippen molar-refractivity contribution in [1.29, 1.82) is 0 Å². The third-order valence-corrected chi connectivity index (χ3v) is 6.54. The van der Waals surface area contributed by atoms with Gasteiger partial charge in [0.25, 0.3) is 15.9 Å². The number of halogens is 3. The number of benzene rings is 2. The molecule has 4 aromatic rings. The van der Waals surface area contributed by atoms with Crippen LogP contribution in [-0.4, -0.2) is 46.7 Å². The van der Waals surface area contributed by atoms with E-state index in [0.29, 0.717) is 12.2 Å². The van der Waals surface area contributed by atoms with Crippen LogP contribution in [0.2, 0.25) is 0 Å². The zero-order chi connectivity index (χ0) is 28.3. The van der Waals surface area contributed by atoms with Crippen LogP contribution in [0.3, 0.4) is 0 Å². The summed E-state index contributed by atoms with van der Waals surface area (Å²) in [5.74, 6) is -4.39. The molecule has 11 nitrogen and oxygen atoms in total. The fourth-order valence-corrected chi connectivity index (χ4v) is 4.30. The normalized spacial score (nSPS) is 11.5. The average Bonchev–Trinajstić information content (AvgIpc) is 3.43. The highest BCUT2D eigenvalue weighted by Crippen LogP contribution is 2.35. The minimum Gasteiger partial charge on any atom is -0.491 e. The molecule has 0 aliphatic rings. The number of hydrogen-bond acceptors (Lipinski definition) is 7. The Morgan fingerprint density at radius 1 is 1.21 bits per heavy atom.